The Morgan fingerprint density at radius 1 is 0.800 bits per heavy atom. The molecule has 87 valence electrons. The van der Waals surface area contributed by atoms with Crippen LogP contribution in [0.2, 0.25) is 0 Å². The second kappa shape index (κ2) is 75.1. The first-order chi connectivity index (χ1) is 6.66. The molecule has 0 spiro atoms. The van der Waals surface area contributed by atoms with Gasteiger partial charge in [0.05, 0.1) is 0 Å². The molecule has 8 nitrogen and oxygen atoms in total. The second-order valence-electron chi connectivity index (χ2n) is 0.757. The summed E-state index contributed by atoms with van der Waals surface area (Å²) in [5.74, 6) is 0. The number of hydrogen-bond acceptors (Lipinski definition) is 6. The first kappa shape index (κ1) is 29.2. The van der Waals surface area contributed by atoms with E-state index in [9.17, 15) is 0 Å². The second-order valence-corrected chi connectivity index (χ2v) is 0.757. The van der Waals surface area contributed by atoms with Crippen LogP contribution in [0.1, 0.15) is 0 Å². The predicted octanol–water partition coefficient (Wildman–Crippen LogP) is -1.38. The van der Waals surface area contributed by atoms with Crippen molar-refractivity contribution in [2.75, 3.05) is 14.2 Å². The molecule has 0 aliphatic heterocycles. The quantitative estimate of drug-likeness (QED) is 0.597. The Morgan fingerprint density at radius 3 is 0.867 bits per heavy atom. The van der Waals surface area contributed by atoms with Crippen molar-refractivity contribution in [3.05, 3.63) is 0 Å². The number of ether oxygens (including phenoxy) is 2. The van der Waals surface area contributed by atoms with Gasteiger partial charge < -0.3 is 38.9 Å². The summed E-state index contributed by atoms with van der Waals surface area (Å²) in [6.45, 7) is 3.36. The topological polar surface area (TPSA) is 127 Å². The standard InChI is InChI=1S/2C2H3O2.2CHO2.Y/c2*1-4-2-3;2*2-1-3;/h2*1H3;2*(H,2,3);/q4*-1;. The maximum Gasteiger partial charge on any atom is 0.0362 e. The third kappa shape index (κ3) is 1620. The van der Waals surface area contributed by atoms with E-state index in [2.05, 4.69) is 9.47 Å². The van der Waals surface area contributed by atoms with Crippen molar-refractivity contribution in [3.8, 4) is 0 Å². The van der Waals surface area contributed by atoms with Crippen molar-refractivity contribution in [1.29, 1.82) is 0 Å². The summed E-state index contributed by atoms with van der Waals surface area (Å²) in [6, 6.07) is 0. The van der Waals surface area contributed by atoms with E-state index in [0.29, 0.717) is 12.9 Å². The molecule has 2 N–H and O–H groups in total. The first-order valence-electron chi connectivity index (χ1n) is 2.49. The SMILES string of the molecule is CO[C-]=O.CO[C-]=O.O=[C-]O.O=[C-]O.[Y]. The molecule has 0 aliphatic rings. The van der Waals surface area contributed by atoms with E-state index in [-0.39, 0.29) is 32.7 Å². The van der Waals surface area contributed by atoms with Crippen LogP contribution in [-0.4, -0.2) is 50.3 Å². The number of aliphatic hydroxyl groups excluding tert-OH is 2. The Labute approximate surface area is 111 Å². The molecule has 0 rings (SSSR count). The Kier molecular flexibility index (Phi) is 146. The molecule has 0 bridgehead atoms. The minimum atomic E-state index is 0. The van der Waals surface area contributed by atoms with E-state index in [0.717, 1.165) is 0 Å². The molecule has 15 heavy (non-hydrogen) atoms. The molecule has 0 aromatic heterocycles. The minimum Gasteiger partial charge on any atom is -0.665 e. The van der Waals surface area contributed by atoms with Crippen LogP contribution in [0.5, 0.6) is 0 Å². The number of methoxy groups -OCH3 is 2. The fourth-order valence-corrected chi connectivity index (χ4v) is 0. The Bertz CT molecular complexity index is 104. The van der Waals surface area contributed by atoms with Gasteiger partial charge in [-0.3, -0.25) is 0 Å². The summed E-state index contributed by atoms with van der Waals surface area (Å²) in [5.41, 5.74) is 0. The molecule has 0 aliphatic carbocycles. The number of carbonyl (C=O) groups excluding carboxylic acids is 2. The fourth-order valence-electron chi connectivity index (χ4n) is 0. The van der Waals surface area contributed by atoms with Crippen LogP contribution in [-0.2, 0) is 61.4 Å². The Morgan fingerprint density at radius 2 is 0.867 bits per heavy atom. The van der Waals surface area contributed by atoms with Crippen molar-refractivity contribution < 1.29 is 71.6 Å². The van der Waals surface area contributed by atoms with Gasteiger partial charge in [-0.1, -0.05) is 25.9 Å². The average Bonchev–Trinajstić information content (AvgIpc) is 2.20. The molecule has 0 saturated heterocycles. The van der Waals surface area contributed by atoms with Crippen LogP contribution in [0.3, 0.4) is 0 Å². The summed E-state index contributed by atoms with van der Waals surface area (Å²) in [7, 11) is 2.51. The molecule has 9 heteroatoms. The summed E-state index contributed by atoms with van der Waals surface area (Å²) in [6.07, 6.45) is 0. The van der Waals surface area contributed by atoms with Gasteiger partial charge in [-0.05, 0) is 0 Å². The fraction of sp³-hybridized carbons (Fsp3) is 0.333. The minimum absolute atomic E-state index is 0. The zero-order valence-electron chi connectivity index (χ0n) is 7.92. The first-order valence-corrected chi connectivity index (χ1v) is 2.49. The summed E-state index contributed by atoms with van der Waals surface area (Å²) < 4.78 is 7.47. The molecule has 0 aromatic rings. The van der Waals surface area contributed by atoms with E-state index in [4.69, 9.17) is 29.4 Å². The van der Waals surface area contributed by atoms with Crippen molar-refractivity contribution in [3.63, 3.8) is 0 Å². The maximum atomic E-state index is 8.83. The monoisotopic (exact) mass is 297 g/mol. The van der Waals surface area contributed by atoms with Gasteiger partial charge in [-0.25, -0.2) is 0 Å². The molecule has 0 fully saturated rings. The zero-order valence-corrected chi connectivity index (χ0v) is 10.8. The largest absolute Gasteiger partial charge is 0.665 e. The van der Waals surface area contributed by atoms with Gasteiger partial charge in [0, 0.05) is 46.9 Å². The van der Waals surface area contributed by atoms with Gasteiger partial charge in [-0.15, -0.1) is 0 Å². The van der Waals surface area contributed by atoms with Crippen LogP contribution in [0.4, 0.5) is 0 Å². The van der Waals surface area contributed by atoms with E-state index < -0.39 is 0 Å². The van der Waals surface area contributed by atoms with Crippen molar-refractivity contribution in [1.82, 2.24) is 0 Å². The van der Waals surface area contributed by atoms with Gasteiger partial charge in [-0.2, -0.15) is 0 Å². The van der Waals surface area contributed by atoms with E-state index in [1.54, 1.807) is 0 Å². The smallest absolute Gasteiger partial charge is 0.0362 e. The molecule has 0 aromatic carbocycles. The van der Waals surface area contributed by atoms with E-state index in [1.165, 1.54) is 27.2 Å². The number of hydrogen-bond donors (Lipinski definition) is 2. The molecule has 0 atom stereocenters. The van der Waals surface area contributed by atoms with E-state index in [1.807, 2.05) is 0 Å². The van der Waals surface area contributed by atoms with Crippen LogP contribution in [0.15, 0.2) is 0 Å². The molecule has 0 amide bonds. The Balaban J connectivity index is -0.0000000293. The van der Waals surface area contributed by atoms with Crippen LogP contribution < -0.4 is 0 Å². The molecule has 0 unspecified atom stereocenters. The molecule has 0 saturated carbocycles. The molecular formula is C6H8O8Y-4. The predicted molar refractivity (Wildman–Crippen MR) is 42.0 cm³/mol. The van der Waals surface area contributed by atoms with E-state index >= 15 is 0 Å². The normalized spacial score (nSPS) is 4.40. The third-order valence-electron chi connectivity index (χ3n) is 0.167. The third-order valence-corrected chi connectivity index (χ3v) is 0.167. The van der Waals surface area contributed by atoms with Crippen LogP contribution in [0, 0.1) is 0 Å². The summed E-state index contributed by atoms with van der Waals surface area (Å²) >= 11 is 0. The van der Waals surface area contributed by atoms with Gasteiger partial charge >= 0.3 is 0 Å². The zero-order chi connectivity index (χ0) is 12.2. The van der Waals surface area contributed by atoms with Crippen molar-refractivity contribution >= 4 is 25.9 Å². The molecular weight excluding hydrogens is 289 g/mol. The van der Waals surface area contributed by atoms with Crippen molar-refractivity contribution in [2.45, 2.75) is 0 Å². The molecule has 1 radical (unpaired) electrons. The van der Waals surface area contributed by atoms with Crippen LogP contribution in [0.25, 0.3) is 0 Å². The van der Waals surface area contributed by atoms with Crippen LogP contribution >= 0.6 is 0 Å². The maximum absolute atomic E-state index is 8.83. The van der Waals surface area contributed by atoms with Gasteiger partial charge in [0.15, 0.2) is 0 Å². The van der Waals surface area contributed by atoms with Crippen molar-refractivity contribution in [2.24, 2.45) is 0 Å². The summed E-state index contributed by atoms with van der Waals surface area (Å²) in [4.78, 5) is 34.1. The summed E-state index contributed by atoms with van der Waals surface area (Å²) in [5, 5.41) is 13.5. The molecule has 0 heterocycles. The number of rotatable bonds is 2. The van der Waals surface area contributed by atoms with Gasteiger partial charge in [0.1, 0.15) is 0 Å². The van der Waals surface area contributed by atoms with Gasteiger partial charge in [0.2, 0.25) is 0 Å². The van der Waals surface area contributed by atoms with Gasteiger partial charge in [0.25, 0.3) is 0 Å². The Hall–Kier alpha value is -1.02. The average molecular weight is 297 g/mol.